The van der Waals surface area contributed by atoms with Crippen molar-refractivity contribution >= 4 is 37.5 Å². The summed E-state index contributed by atoms with van der Waals surface area (Å²) in [6, 6.07) is 6.45. The van der Waals surface area contributed by atoms with Crippen LogP contribution in [-0.4, -0.2) is 0 Å². The first-order chi connectivity index (χ1) is 30.7. The lowest BCUT2D eigenvalue weighted by molar-refractivity contribution is 0.0740. The zero-order valence-electron chi connectivity index (χ0n) is 32.9. The first kappa shape index (κ1) is 50.1. The quantitative estimate of drug-likeness (QED) is 0.0557. The van der Waals surface area contributed by atoms with Gasteiger partial charge in [-0.3, -0.25) is 0 Å². The van der Waals surface area contributed by atoms with Crippen molar-refractivity contribution in [2.24, 2.45) is 0 Å². The second kappa shape index (κ2) is 18.8. The standard InChI is InChI=1S/C42H20F20O2P2/c1-11-5-12(2)8-15(7-11)37(63-65(39-29(55)21(47)17(43)22(48)30(39)56)40-31(57)23(49)18(44)24(50)32(40)58)38(16-9-13(3)6-14(4)10-16)64-66(41-33(59)25(51)19(45)26(52)34(41)60)42-35(61)27(53)20(46)28(54)36(42)62/h5-10,37-38H,1-4H3. The number of hydrogen-bond donors (Lipinski definition) is 0. The lowest BCUT2D eigenvalue weighted by atomic mass is 9.94. The van der Waals surface area contributed by atoms with Crippen LogP contribution >= 0.6 is 16.3 Å². The molecular weight excluding hydrogens is 978 g/mol. The van der Waals surface area contributed by atoms with Gasteiger partial charge in [-0.2, -0.15) is 0 Å². The Labute approximate surface area is 360 Å². The molecule has 0 spiro atoms. The van der Waals surface area contributed by atoms with Gasteiger partial charge in [0.25, 0.3) is 0 Å². The molecule has 0 saturated carbocycles. The highest BCUT2D eigenvalue weighted by molar-refractivity contribution is 7.69. The van der Waals surface area contributed by atoms with E-state index in [9.17, 15) is 52.7 Å². The average molecular weight is 999 g/mol. The molecule has 0 saturated heterocycles. The molecule has 0 radical (unpaired) electrons. The predicted molar refractivity (Wildman–Crippen MR) is 197 cm³/mol. The molecule has 0 aliphatic heterocycles. The molecule has 0 bridgehead atoms. The Morgan fingerprint density at radius 3 is 0.576 bits per heavy atom. The summed E-state index contributed by atoms with van der Waals surface area (Å²) in [6.07, 6.45) is -5.65. The van der Waals surface area contributed by atoms with Crippen LogP contribution in [0.1, 0.15) is 45.6 Å². The third kappa shape index (κ3) is 8.61. The molecule has 2 atom stereocenters. The van der Waals surface area contributed by atoms with Crippen molar-refractivity contribution in [1.29, 1.82) is 0 Å². The minimum absolute atomic E-state index is 0.0661. The van der Waals surface area contributed by atoms with E-state index in [0.717, 1.165) is 24.3 Å². The topological polar surface area (TPSA) is 18.5 Å². The molecule has 2 nitrogen and oxygen atoms in total. The normalized spacial score (nSPS) is 12.8. The van der Waals surface area contributed by atoms with E-state index in [0.29, 0.717) is 0 Å². The molecule has 2 unspecified atom stereocenters. The van der Waals surface area contributed by atoms with Crippen molar-refractivity contribution in [1.82, 2.24) is 0 Å². The molecule has 6 aromatic carbocycles. The van der Waals surface area contributed by atoms with Crippen LogP contribution in [0.3, 0.4) is 0 Å². The molecular formula is C42H20F20O2P2. The van der Waals surface area contributed by atoms with Gasteiger partial charge in [-0.1, -0.05) is 58.7 Å². The van der Waals surface area contributed by atoms with Crippen molar-refractivity contribution in [2.45, 2.75) is 39.9 Å². The Kier molecular flexibility index (Phi) is 14.3. The summed E-state index contributed by atoms with van der Waals surface area (Å²) in [4.78, 5) is 0. The summed E-state index contributed by atoms with van der Waals surface area (Å²) < 4.78 is 315. The van der Waals surface area contributed by atoms with Crippen LogP contribution in [0, 0.1) is 144 Å². The van der Waals surface area contributed by atoms with Crippen molar-refractivity contribution in [3.63, 3.8) is 0 Å². The molecule has 0 aliphatic carbocycles. The summed E-state index contributed by atoms with van der Waals surface area (Å²) in [7, 11) is -9.67. The Hall–Kier alpha value is -5.30. The van der Waals surface area contributed by atoms with Crippen molar-refractivity contribution in [2.75, 3.05) is 0 Å². The number of halogens is 20. The minimum Gasteiger partial charge on any atom is -0.338 e. The molecule has 0 fully saturated rings. The van der Waals surface area contributed by atoms with Crippen molar-refractivity contribution in [3.8, 4) is 0 Å². The summed E-state index contributed by atoms with van der Waals surface area (Å²) in [5, 5.41) is -9.78. The third-order valence-electron chi connectivity index (χ3n) is 9.42. The van der Waals surface area contributed by atoms with E-state index in [1.807, 2.05) is 0 Å². The van der Waals surface area contributed by atoms with E-state index in [1.165, 1.54) is 39.8 Å². The summed E-state index contributed by atoms with van der Waals surface area (Å²) in [5.41, 5.74) is -1.04. The van der Waals surface area contributed by atoms with Crippen LogP contribution in [-0.2, 0) is 9.05 Å². The lowest BCUT2D eigenvalue weighted by Gasteiger charge is -2.35. The molecule has 0 heterocycles. The molecule has 6 rings (SSSR count). The number of rotatable bonds is 11. The number of benzene rings is 6. The summed E-state index contributed by atoms with van der Waals surface area (Å²) >= 11 is 0. The van der Waals surface area contributed by atoms with Gasteiger partial charge in [-0.25, -0.2) is 87.8 Å². The highest BCUT2D eigenvalue weighted by Crippen LogP contribution is 2.55. The number of hydrogen-bond acceptors (Lipinski definition) is 2. The zero-order chi connectivity index (χ0) is 49.3. The predicted octanol–water partition coefficient (Wildman–Crippen LogP) is 12.6. The summed E-state index contributed by atoms with van der Waals surface area (Å²) in [6.45, 7) is 5.09. The van der Waals surface area contributed by atoms with Crippen LogP contribution in [0.25, 0.3) is 0 Å². The smallest absolute Gasteiger partial charge is 0.200 e. The Morgan fingerprint density at radius 1 is 0.258 bits per heavy atom. The molecule has 24 heteroatoms. The van der Waals surface area contributed by atoms with E-state index in [4.69, 9.17) is 9.05 Å². The van der Waals surface area contributed by atoms with E-state index in [-0.39, 0.29) is 22.3 Å². The zero-order valence-corrected chi connectivity index (χ0v) is 34.7. The van der Waals surface area contributed by atoms with E-state index < -0.39 is 177 Å². The monoisotopic (exact) mass is 998 g/mol. The van der Waals surface area contributed by atoms with Gasteiger partial charge >= 0.3 is 0 Å². The fourth-order valence-electron chi connectivity index (χ4n) is 6.68. The van der Waals surface area contributed by atoms with Gasteiger partial charge in [-0.15, -0.1) is 0 Å². The Morgan fingerprint density at radius 2 is 0.409 bits per heavy atom. The van der Waals surface area contributed by atoms with Gasteiger partial charge in [-0.05, 0) is 38.8 Å². The van der Waals surface area contributed by atoms with Gasteiger partial charge in [0.15, 0.2) is 93.1 Å². The van der Waals surface area contributed by atoms with Crippen molar-refractivity contribution < 1.29 is 96.9 Å². The van der Waals surface area contributed by atoms with Gasteiger partial charge < -0.3 is 9.05 Å². The van der Waals surface area contributed by atoms with Crippen molar-refractivity contribution in [3.05, 3.63) is 186 Å². The van der Waals surface area contributed by atoms with Gasteiger partial charge in [0, 0.05) is 0 Å². The maximum Gasteiger partial charge on any atom is 0.200 e. The van der Waals surface area contributed by atoms with Gasteiger partial charge in [0.2, 0.25) is 23.3 Å². The van der Waals surface area contributed by atoms with E-state index in [2.05, 4.69) is 0 Å². The fraction of sp³-hybridized carbons (Fsp3) is 0.143. The average Bonchev–Trinajstić information content (AvgIpc) is 3.26. The van der Waals surface area contributed by atoms with E-state index >= 15 is 35.1 Å². The van der Waals surface area contributed by atoms with E-state index in [1.54, 1.807) is 0 Å². The first-order valence-corrected chi connectivity index (χ1v) is 20.4. The second-order valence-electron chi connectivity index (χ2n) is 14.2. The van der Waals surface area contributed by atoms with Crippen LogP contribution in [0.15, 0.2) is 36.4 Å². The number of aryl methyl sites for hydroxylation is 4. The highest BCUT2D eigenvalue weighted by Gasteiger charge is 2.45. The molecule has 66 heavy (non-hydrogen) atoms. The minimum atomic E-state index is -4.83. The van der Waals surface area contributed by atoms with Gasteiger partial charge in [0.1, 0.15) is 28.5 Å². The Bertz CT molecular complexity index is 2490. The maximum atomic E-state index is 15.9. The first-order valence-electron chi connectivity index (χ1n) is 17.9. The molecule has 350 valence electrons. The molecule has 0 N–H and O–H groups in total. The summed E-state index contributed by atoms with van der Waals surface area (Å²) in [5.74, 6) is -59.0. The molecule has 0 aliphatic rings. The molecule has 0 aromatic heterocycles. The lowest BCUT2D eigenvalue weighted by Crippen LogP contribution is -2.33. The maximum absolute atomic E-state index is 15.9. The second-order valence-corrected chi connectivity index (χ2v) is 17.5. The van der Waals surface area contributed by atoms with Crippen LogP contribution in [0.2, 0.25) is 0 Å². The van der Waals surface area contributed by atoms with Crippen LogP contribution in [0.5, 0.6) is 0 Å². The van der Waals surface area contributed by atoms with Crippen LogP contribution < -0.4 is 21.2 Å². The fourth-order valence-corrected chi connectivity index (χ4v) is 10.7. The third-order valence-corrected chi connectivity index (χ3v) is 13.5. The highest BCUT2D eigenvalue weighted by atomic mass is 31.1. The molecule has 6 aromatic rings. The SMILES string of the molecule is Cc1cc(C)cc(C(OP(c2c(F)c(F)c(F)c(F)c2F)c2c(F)c(F)c(F)c(F)c2F)C(OP(c2c(F)c(F)c(F)c(F)c2F)c2c(F)c(F)c(F)c(F)c2F)c2cc(C)cc(C)c2)c1. The molecule has 0 amide bonds. The largest absolute Gasteiger partial charge is 0.338 e. The van der Waals surface area contributed by atoms with Crippen LogP contribution in [0.4, 0.5) is 87.8 Å². The van der Waals surface area contributed by atoms with Gasteiger partial charge in [0.05, 0.1) is 21.2 Å². The Balaban J connectivity index is 1.82.